The number of hydrogen-bond acceptors (Lipinski definition) is 3. The predicted molar refractivity (Wildman–Crippen MR) is 71.0 cm³/mol. The van der Waals surface area contributed by atoms with Crippen molar-refractivity contribution < 1.29 is 19.4 Å². The number of carboxylic acid groups (broad SMARTS) is 1. The fourth-order valence-corrected chi connectivity index (χ4v) is 2.40. The Bertz CT molecular complexity index is 301. The van der Waals surface area contributed by atoms with Crippen molar-refractivity contribution in [1.29, 1.82) is 0 Å². The molecule has 0 bridgehead atoms. The van der Waals surface area contributed by atoms with E-state index in [9.17, 15) is 9.59 Å². The molecule has 1 saturated heterocycles. The maximum atomic E-state index is 11.9. The third-order valence-electron chi connectivity index (χ3n) is 3.60. The van der Waals surface area contributed by atoms with Crippen LogP contribution in [0.25, 0.3) is 0 Å². The molecule has 0 radical (unpaired) electrons. The lowest BCUT2D eigenvalue weighted by Gasteiger charge is -2.32. The molecule has 1 atom stereocenters. The van der Waals surface area contributed by atoms with Crippen molar-refractivity contribution in [1.82, 2.24) is 10.2 Å². The van der Waals surface area contributed by atoms with Crippen molar-refractivity contribution in [2.24, 2.45) is 5.92 Å². The van der Waals surface area contributed by atoms with E-state index in [0.29, 0.717) is 0 Å². The first-order chi connectivity index (χ1) is 9.08. The van der Waals surface area contributed by atoms with Gasteiger partial charge in [0, 0.05) is 20.2 Å². The average molecular weight is 272 g/mol. The summed E-state index contributed by atoms with van der Waals surface area (Å²) in [6.45, 7) is 3.68. The highest BCUT2D eigenvalue weighted by atomic mass is 16.5. The smallest absolute Gasteiger partial charge is 0.334 e. The largest absolute Gasteiger partial charge is 0.479 e. The minimum absolute atomic E-state index is 0.000441. The van der Waals surface area contributed by atoms with Crippen LogP contribution >= 0.6 is 0 Å². The molecule has 2 N–H and O–H groups in total. The number of carbonyl (C=O) groups excluding carboxylic acids is 1. The van der Waals surface area contributed by atoms with E-state index in [1.54, 1.807) is 4.90 Å². The van der Waals surface area contributed by atoms with Crippen LogP contribution in [0.1, 0.15) is 32.6 Å². The van der Waals surface area contributed by atoms with Gasteiger partial charge in [0.15, 0.2) is 6.10 Å². The molecule has 0 spiro atoms. The molecule has 19 heavy (non-hydrogen) atoms. The lowest BCUT2D eigenvalue weighted by molar-refractivity contribution is -0.148. The molecule has 0 aromatic rings. The molecule has 0 saturated carbocycles. The summed E-state index contributed by atoms with van der Waals surface area (Å²) in [6, 6.07) is -0.196. The van der Waals surface area contributed by atoms with E-state index < -0.39 is 12.1 Å². The number of ether oxygens (including phenoxy) is 1. The lowest BCUT2D eigenvalue weighted by atomic mass is 9.93. The standard InChI is InChI=1S/C13H24N2O4/c1-3-4-10-5-7-15(8-6-10)13(18)14-9-11(19-2)12(16)17/h10-11H,3-9H2,1-2H3,(H,14,18)(H,16,17). The summed E-state index contributed by atoms with van der Waals surface area (Å²) in [6.07, 6.45) is 3.49. The quantitative estimate of drug-likeness (QED) is 0.764. The number of methoxy groups -OCH3 is 1. The highest BCUT2D eigenvalue weighted by Crippen LogP contribution is 2.21. The van der Waals surface area contributed by atoms with E-state index in [4.69, 9.17) is 9.84 Å². The van der Waals surface area contributed by atoms with Gasteiger partial charge in [0.05, 0.1) is 6.54 Å². The van der Waals surface area contributed by atoms with E-state index in [0.717, 1.165) is 31.8 Å². The summed E-state index contributed by atoms with van der Waals surface area (Å²) in [7, 11) is 1.32. The number of urea groups is 1. The van der Waals surface area contributed by atoms with Crippen molar-refractivity contribution in [2.75, 3.05) is 26.7 Å². The van der Waals surface area contributed by atoms with Gasteiger partial charge in [-0.15, -0.1) is 0 Å². The molecule has 0 aromatic carbocycles. The van der Waals surface area contributed by atoms with E-state index in [2.05, 4.69) is 12.2 Å². The van der Waals surface area contributed by atoms with E-state index in [-0.39, 0.29) is 12.6 Å². The zero-order valence-corrected chi connectivity index (χ0v) is 11.7. The molecule has 0 aliphatic carbocycles. The van der Waals surface area contributed by atoms with E-state index >= 15 is 0 Å². The number of hydrogen-bond donors (Lipinski definition) is 2. The second-order valence-electron chi connectivity index (χ2n) is 4.97. The minimum atomic E-state index is -1.07. The Morgan fingerprint density at radius 1 is 1.42 bits per heavy atom. The van der Waals surface area contributed by atoms with Gasteiger partial charge in [-0.25, -0.2) is 9.59 Å². The summed E-state index contributed by atoms with van der Waals surface area (Å²) in [5, 5.41) is 11.4. The molecule has 1 rings (SSSR count). The third-order valence-corrected chi connectivity index (χ3v) is 3.60. The molecule has 1 fully saturated rings. The Balaban J connectivity index is 2.29. The van der Waals surface area contributed by atoms with Gasteiger partial charge in [0.1, 0.15) is 0 Å². The molecular formula is C13H24N2O4. The molecule has 1 heterocycles. The number of carbonyl (C=O) groups is 2. The Kier molecular flexibility index (Phi) is 6.62. The molecular weight excluding hydrogens is 248 g/mol. The van der Waals surface area contributed by atoms with Gasteiger partial charge in [-0.3, -0.25) is 0 Å². The van der Waals surface area contributed by atoms with Crippen molar-refractivity contribution in [3.05, 3.63) is 0 Å². The van der Waals surface area contributed by atoms with E-state index in [1.165, 1.54) is 20.0 Å². The highest BCUT2D eigenvalue weighted by molar-refractivity contribution is 5.77. The van der Waals surface area contributed by atoms with Gasteiger partial charge in [0.2, 0.25) is 0 Å². The van der Waals surface area contributed by atoms with Gasteiger partial charge < -0.3 is 20.1 Å². The predicted octanol–water partition coefficient (Wildman–Crippen LogP) is 1.31. The van der Waals surface area contributed by atoms with Gasteiger partial charge in [-0.1, -0.05) is 19.8 Å². The van der Waals surface area contributed by atoms with Crippen molar-refractivity contribution in [3.63, 3.8) is 0 Å². The number of amides is 2. The second kappa shape index (κ2) is 7.99. The lowest BCUT2D eigenvalue weighted by Crippen LogP contribution is -2.47. The van der Waals surface area contributed by atoms with Crippen LogP contribution in [-0.4, -0.2) is 54.9 Å². The van der Waals surface area contributed by atoms with Crippen molar-refractivity contribution in [2.45, 2.75) is 38.7 Å². The molecule has 0 aromatic heterocycles. The Morgan fingerprint density at radius 3 is 2.53 bits per heavy atom. The highest BCUT2D eigenvalue weighted by Gasteiger charge is 2.23. The Morgan fingerprint density at radius 2 is 2.05 bits per heavy atom. The zero-order chi connectivity index (χ0) is 14.3. The van der Waals surface area contributed by atoms with Gasteiger partial charge in [0.25, 0.3) is 0 Å². The van der Waals surface area contributed by atoms with Crippen LogP contribution in [0, 0.1) is 5.92 Å². The Hall–Kier alpha value is -1.30. The average Bonchev–Trinajstić information content (AvgIpc) is 2.40. The van der Waals surface area contributed by atoms with Crippen molar-refractivity contribution >= 4 is 12.0 Å². The number of carboxylic acids is 1. The van der Waals surface area contributed by atoms with Crippen LogP contribution in [0.5, 0.6) is 0 Å². The van der Waals surface area contributed by atoms with Gasteiger partial charge in [-0.05, 0) is 18.8 Å². The zero-order valence-electron chi connectivity index (χ0n) is 11.7. The summed E-state index contributed by atoms with van der Waals surface area (Å²) in [4.78, 5) is 24.4. The summed E-state index contributed by atoms with van der Waals surface area (Å²) in [5.74, 6) is -0.343. The molecule has 1 aliphatic heterocycles. The summed E-state index contributed by atoms with van der Waals surface area (Å²) in [5.41, 5.74) is 0. The second-order valence-corrected chi connectivity index (χ2v) is 4.97. The van der Waals surface area contributed by atoms with Crippen LogP contribution in [-0.2, 0) is 9.53 Å². The molecule has 1 unspecified atom stereocenters. The third kappa shape index (κ3) is 5.06. The van der Waals surface area contributed by atoms with Gasteiger partial charge >= 0.3 is 12.0 Å². The molecule has 6 nitrogen and oxygen atoms in total. The van der Waals surface area contributed by atoms with Crippen LogP contribution in [0.3, 0.4) is 0 Å². The number of rotatable bonds is 6. The van der Waals surface area contributed by atoms with Crippen LogP contribution in [0.15, 0.2) is 0 Å². The maximum absolute atomic E-state index is 11.9. The number of nitrogens with one attached hydrogen (secondary N) is 1. The summed E-state index contributed by atoms with van der Waals surface area (Å²) < 4.78 is 4.77. The molecule has 2 amide bonds. The topological polar surface area (TPSA) is 78.9 Å². The van der Waals surface area contributed by atoms with E-state index in [1.807, 2.05) is 0 Å². The van der Waals surface area contributed by atoms with Gasteiger partial charge in [-0.2, -0.15) is 0 Å². The van der Waals surface area contributed by atoms with Crippen LogP contribution in [0.2, 0.25) is 0 Å². The molecule has 110 valence electrons. The summed E-state index contributed by atoms with van der Waals surface area (Å²) >= 11 is 0. The molecule has 1 aliphatic rings. The Labute approximate surface area is 114 Å². The normalized spacial score (nSPS) is 18.1. The fourth-order valence-electron chi connectivity index (χ4n) is 2.40. The van der Waals surface area contributed by atoms with Crippen LogP contribution in [0.4, 0.5) is 4.79 Å². The minimum Gasteiger partial charge on any atom is -0.479 e. The number of piperidine rings is 1. The van der Waals surface area contributed by atoms with Crippen molar-refractivity contribution in [3.8, 4) is 0 Å². The monoisotopic (exact) mass is 272 g/mol. The van der Waals surface area contributed by atoms with Crippen LogP contribution < -0.4 is 5.32 Å². The first-order valence-corrected chi connectivity index (χ1v) is 6.86. The number of aliphatic carboxylic acids is 1. The fraction of sp³-hybridized carbons (Fsp3) is 0.846. The number of nitrogens with zero attached hydrogens (tertiary/aromatic N) is 1. The maximum Gasteiger partial charge on any atom is 0.334 e. The number of likely N-dealkylation sites (tertiary alicyclic amines) is 1. The first-order valence-electron chi connectivity index (χ1n) is 6.86. The molecule has 6 heteroatoms. The first kappa shape index (κ1) is 15.8. The SMILES string of the molecule is CCCC1CCN(C(=O)NCC(OC)C(=O)O)CC1.